The number of hydrogen-bond acceptors (Lipinski definition) is 5. The lowest BCUT2D eigenvalue weighted by Crippen LogP contribution is -2.06. The number of aromatic nitrogens is 2. The summed E-state index contributed by atoms with van der Waals surface area (Å²) in [4.78, 5) is 9.46. The van der Waals surface area contributed by atoms with Gasteiger partial charge in [-0.05, 0) is 19.1 Å². The van der Waals surface area contributed by atoms with Gasteiger partial charge in [0.25, 0.3) is 0 Å². The molecule has 0 aliphatic heterocycles. The average Bonchev–Trinajstić information content (AvgIpc) is 2.47. The summed E-state index contributed by atoms with van der Waals surface area (Å²) in [6.07, 6.45) is 0. The largest absolute Gasteiger partial charge is 0.378 e. The maximum Gasteiger partial charge on any atom is 0.141 e. The summed E-state index contributed by atoms with van der Waals surface area (Å²) in [5.74, 6) is 1.72. The fourth-order valence-electron chi connectivity index (χ4n) is 1.81. The third-order valence-electron chi connectivity index (χ3n) is 2.67. The number of hydrogen-bond donors (Lipinski definition) is 1. The van der Waals surface area contributed by atoms with Crippen LogP contribution in [0.1, 0.15) is 18.4 Å². The third-order valence-corrected chi connectivity index (χ3v) is 3.71. The van der Waals surface area contributed by atoms with Gasteiger partial charge in [-0.15, -0.1) is 11.8 Å². The number of nitrogens with one attached hydrogen (secondary N) is 1. The molecular weight excluding hydrogens is 289 g/mol. The molecule has 0 saturated heterocycles. The van der Waals surface area contributed by atoms with E-state index >= 15 is 0 Å². The minimum absolute atomic E-state index is 0.220. The first kappa shape index (κ1) is 15.7. The molecule has 2 aromatic rings. The number of anilines is 1. The molecule has 0 atom stereocenters. The monoisotopic (exact) mass is 307 g/mol. The van der Waals surface area contributed by atoms with Crippen LogP contribution in [0.15, 0.2) is 35.2 Å². The van der Waals surface area contributed by atoms with Gasteiger partial charge in [0.15, 0.2) is 0 Å². The van der Waals surface area contributed by atoms with Crippen molar-refractivity contribution in [3.05, 3.63) is 47.7 Å². The summed E-state index contributed by atoms with van der Waals surface area (Å²) >= 11 is 1.39. The maximum atomic E-state index is 13.6. The number of halogens is 1. The topological polar surface area (TPSA) is 47.0 Å². The molecule has 0 bridgehead atoms. The molecule has 0 amide bonds. The Labute approximate surface area is 128 Å². The molecule has 0 spiro atoms. The first-order chi connectivity index (χ1) is 10.2. The van der Waals surface area contributed by atoms with E-state index in [9.17, 15) is 4.39 Å². The number of ether oxygens (including phenoxy) is 1. The third kappa shape index (κ3) is 4.68. The molecule has 0 fully saturated rings. The smallest absolute Gasteiger partial charge is 0.141 e. The summed E-state index contributed by atoms with van der Waals surface area (Å²) in [5, 5.41) is 3.17. The van der Waals surface area contributed by atoms with Crippen LogP contribution in [0.3, 0.4) is 0 Å². The second kappa shape index (κ2) is 7.95. The molecule has 1 heterocycles. The maximum absolute atomic E-state index is 13.6. The summed E-state index contributed by atoms with van der Waals surface area (Å²) in [7, 11) is 1.63. The van der Waals surface area contributed by atoms with Crippen molar-refractivity contribution < 1.29 is 9.13 Å². The fourth-order valence-corrected chi connectivity index (χ4v) is 2.61. The van der Waals surface area contributed by atoms with Crippen molar-refractivity contribution >= 4 is 17.6 Å². The normalized spacial score (nSPS) is 10.6. The zero-order chi connectivity index (χ0) is 15.1. The Hall–Kier alpha value is -1.66. The molecule has 0 radical (unpaired) electrons. The van der Waals surface area contributed by atoms with Crippen molar-refractivity contribution in [2.45, 2.75) is 24.2 Å². The summed E-state index contributed by atoms with van der Waals surface area (Å²) in [6.45, 7) is 3.22. The molecule has 6 heteroatoms. The molecule has 112 valence electrons. The molecule has 1 aromatic carbocycles. The van der Waals surface area contributed by atoms with Crippen LogP contribution in [0.2, 0.25) is 0 Å². The number of nitrogens with zero attached hydrogens (tertiary/aromatic N) is 2. The lowest BCUT2D eigenvalue weighted by atomic mass is 10.3. The summed E-state index contributed by atoms with van der Waals surface area (Å²) < 4.78 is 18.7. The van der Waals surface area contributed by atoms with Gasteiger partial charge in [-0.3, -0.25) is 0 Å². The Morgan fingerprint density at radius 2 is 2.10 bits per heavy atom. The van der Waals surface area contributed by atoms with Crippen LogP contribution in [-0.2, 0) is 17.1 Å². The van der Waals surface area contributed by atoms with E-state index in [1.54, 1.807) is 19.2 Å². The van der Waals surface area contributed by atoms with Crippen LogP contribution >= 0.6 is 11.8 Å². The Kier molecular flexibility index (Phi) is 5.95. The predicted octanol–water partition coefficient (Wildman–Crippen LogP) is 3.49. The van der Waals surface area contributed by atoms with E-state index < -0.39 is 0 Å². The minimum Gasteiger partial charge on any atom is -0.378 e. The van der Waals surface area contributed by atoms with Gasteiger partial charge in [0.2, 0.25) is 0 Å². The molecule has 0 saturated carbocycles. The quantitative estimate of drug-likeness (QED) is 0.794. The molecule has 21 heavy (non-hydrogen) atoms. The zero-order valence-electron chi connectivity index (χ0n) is 12.1. The van der Waals surface area contributed by atoms with Gasteiger partial charge in [-0.25, -0.2) is 14.4 Å². The van der Waals surface area contributed by atoms with Gasteiger partial charge in [-0.1, -0.05) is 12.1 Å². The second-order valence-corrected chi connectivity index (χ2v) is 5.36. The second-order valence-electron chi connectivity index (χ2n) is 4.34. The van der Waals surface area contributed by atoms with Crippen molar-refractivity contribution in [2.75, 3.05) is 19.0 Å². The van der Waals surface area contributed by atoms with E-state index in [1.807, 2.05) is 19.1 Å². The standard InChI is InChI=1S/C15H18FN3OS/c1-3-17-14-8-11(9-20-2)18-15(19-14)10-21-13-7-5-4-6-12(13)16/h4-8H,3,9-10H2,1-2H3,(H,17,18,19). The Bertz CT molecular complexity index is 571. The van der Waals surface area contributed by atoms with Crippen LogP contribution < -0.4 is 5.32 Å². The fraction of sp³-hybridized carbons (Fsp3) is 0.333. The van der Waals surface area contributed by atoms with Gasteiger partial charge in [-0.2, -0.15) is 0 Å². The van der Waals surface area contributed by atoms with Crippen LogP contribution in [0.4, 0.5) is 10.2 Å². The molecular formula is C15H18FN3OS. The molecule has 4 nitrogen and oxygen atoms in total. The average molecular weight is 307 g/mol. The van der Waals surface area contributed by atoms with Crippen LogP contribution in [0, 0.1) is 5.82 Å². The summed E-state index contributed by atoms with van der Waals surface area (Å²) in [6, 6.07) is 8.57. The number of rotatable bonds is 7. The van der Waals surface area contributed by atoms with E-state index in [-0.39, 0.29) is 5.82 Å². The van der Waals surface area contributed by atoms with E-state index in [4.69, 9.17) is 4.74 Å². The number of methoxy groups -OCH3 is 1. The highest BCUT2D eigenvalue weighted by atomic mass is 32.2. The highest BCUT2D eigenvalue weighted by Gasteiger charge is 2.07. The molecule has 0 aliphatic rings. The first-order valence-corrected chi connectivity index (χ1v) is 7.68. The van der Waals surface area contributed by atoms with E-state index in [2.05, 4.69) is 15.3 Å². The molecule has 2 rings (SSSR count). The number of benzene rings is 1. The number of thioether (sulfide) groups is 1. The van der Waals surface area contributed by atoms with Gasteiger partial charge < -0.3 is 10.1 Å². The Morgan fingerprint density at radius 3 is 2.81 bits per heavy atom. The van der Waals surface area contributed by atoms with Crippen molar-refractivity contribution in [1.82, 2.24) is 9.97 Å². The Balaban J connectivity index is 2.13. The summed E-state index contributed by atoms with van der Waals surface area (Å²) in [5.41, 5.74) is 0.813. The zero-order valence-corrected chi connectivity index (χ0v) is 12.9. The van der Waals surface area contributed by atoms with Crippen molar-refractivity contribution in [2.24, 2.45) is 0 Å². The lowest BCUT2D eigenvalue weighted by molar-refractivity contribution is 0.181. The first-order valence-electron chi connectivity index (χ1n) is 6.70. The van der Waals surface area contributed by atoms with Crippen LogP contribution in [-0.4, -0.2) is 23.6 Å². The van der Waals surface area contributed by atoms with E-state index in [0.29, 0.717) is 23.1 Å². The van der Waals surface area contributed by atoms with E-state index in [1.165, 1.54) is 17.8 Å². The Morgan fingerprint density at radius 1 is 1.29 bits per heavy atom. The molecule has 0 unspecified atom stereocenters. The molecule has 1 aromatic heterocycles. The van der Waals surface area contributed by atoms with Crippen molar-refractivity contribution in [3.63, 3.8) is 0 Å². The van der Waals surface area contributed by atoms with Gasteiger partial charge in [0, 0.05) is 24.6 Å². The van der Waals surface area contributed by atoms with Gasteiger partial charge in [0.1, 0.15) is 17.5 Å². The highest BCUT2D eigenvalue weighted by Crippen LogP contribution is 2.24. The van der Waals surface area contributed by atoms with Gasteiger partial charge in [0.05, 0.1) is 18.1 Å². The lowest BCUT2D eigenvalue weighted by Gasteiger charge is -2.08. The highest BCUT2D eigenvalue weighted by molar-refractivity contribution is 7.98. The predicted molar refractivity (Wildman–Crippen MR) is 82.9 cm³/mol. The van der Waals surface area contributed by atoms with Gasteiger partial charge >= 0.3 is 0 Å². The SMILES string of the molecule is CCNc1cc(COC)nc(CSc2ccccc2F)n1. The van der Waals surface area contributed by atoms with Crippen LogP contribution in [0.25, 0.3) is 0 Å². The van der Waals surface area contributed by atoms with Crippen LogP contribution in [0.5, 0.6) is 0 Å². The van der Waals surface area contributed by atoms with Crippen molar-refractivity contribution in [1.29, 1.82) is 0 Å². The van der Waals surface area contributed by atoms with E-state index in [0.717, 1.165) is 18.1 Å². The minimum atomic E-state index is -0.220. The molecule has 0 aliphatic carbocycles. The van der Waals surface area contributed by atoms with Crippen molar-refractivity contribution in [3.8, 4) is 0 Å². The molecule has 1 N–H and O–H groups in total.